The van der Waals surface area contributed by atoms with E-state index in [0.29, 0.717) is 5.75 Å². The molecular formula is C15H18ClN3O6S. The van der Waals surface area contributed by atoms with Crippen LogP contribution in [0.2, 0.25) is 5.02 Å². The van der Waals surface area contributed by atoms with Crippen LogP contribution in [0.3, 0.4) is 0 Å². The van der Waals surface area contributed by atoms with Crippen LogP contribution in [0.4, 0.5) is 4.79 Å². The Morgan fingerprint density at radius 3 is 2.23 bits per heavy atom. The number of benzene rings is 1. The molecule has 0 aliphatic carbocycles. The van der Waals surface area contributed by atoms with Gasteiger partial charge in [0.2, 0.25) is 10.0 Å². The highest BCUT2D eigenvalue weighted by atomic mass is 35.5. The fraction of sp³-hybridized carbons (Fsp3) is 0.467. The highest BCUT2D eigenvalue weighted by Gasteiger charge is 2.49. The smallest absolute Gasteiger partial charge is 0.322 e. The van der Waals surface area contributed by atoms with Crippen molar-refractivity contribution in [2.24, 2.45) is 0 Å². The number of piperidine rings is 1. The van der Waals surface area contributed by atoms with Gasteiger partial charge in [-0.2, -0.15) is 4.31 Å². The fourth-order valence-corrected chi connectivity index (χ4v) is 5.07. The monoisotopic (exact) mass is 403 g/mol. The van der Waals surface area contributed by atoms with Gasteiger partial charge in [0.05, 0.1) is 19.2 Å². The van der Waals surface area contributed by atoms with Crippen LogP contribution in [0.25, 0.3) is 0 Å². The maximum absolute atomic E-state index is 13.0. The quantitative estimate of drug-likeness (QED) is 0.716. The van der Waals surface area contributed by atoms with Gasteiger partial charge >= 0.3 is 6.03 Å². The lowest BCUT2D eigenvalue weighted by molar-refractivity contribution is -0.125. The summed E-state index contributed by atoms with van der Waals surface area (Å²) in [4.78, 5) is 23.3. The number of sulfonamides is 1. The number of methoxy groups -OCH3 is 2. The molecule has 0 unspecified atom stereocenters. The number of imide groups is 1. The molecule has 9 nitrogen and oxygen atoms in total. The van der Waals surface area contributed by atoms with E-state index in [1.807, 2.05) is 0 Å². The Bertz CT molecular complexity index is 864. The largest absolute Gasteiger partial charge is 0.495 e. The van der Waals surface area contributed by atoms with Gasteiger partial charge in [-0.1, -0.05) is 11.6 Å². The Labute approximate surface area is 155 Å². The molecule has 2 N–H and O–H groups in total. The third-order valence-electron chi connectivity index (χ3n) is 4.65. The minimum atomic E-state index is -3.91. The van der Waals surface area contributed by atoms with Crippen molar-refractivity contribution in [3.63, 3.8) is 0 Å². The minimum absolute atomic E-state index is 0.0723. The fourth-order valence-electron chi connectivity index (χ4n) is 3.16. The molecular weight excluding hydrogens is 386 g/mol. The third-order valence-corrected chi connectivity index (χ3v) is 6.86. The number of halogens is 1. The molecule has 1 spiro atoms. The topological polar surface area (TPSA) is 114 Å². The zero-order chi connectivity index (χ0) is 19.1. The van der Waals surface area contributed by atoms with Gasteiger partial charge in [0.1, 0.15) is 21.9 Å². The van der Waals surface area contributed by atoms with E-state index in [0.717, 1.165) is 0 Å². The van der Waals surface area contributed by atoms with E-state index in [9.17, 15) is 18.0 Å². The van der Waals surface area contributed by atoms with Gasteiger partial charge in [-0.3, -0.25) is 10.1 Å². The molecule has 0 bridgehead atoms. The SMILES string of the molecule is COc1cc(OC)c(S(=O)(=O)N2CCC3(CC2)NC(=O)NC3=O)cc1Cl. The number of hydrogen-bond donors (Lipinski definition) is 2. The maximum Gasteiger partial charge on any atom is 0.322 e. The summed E-state index contributed by atoms with van der Waals surface area (Å²) >= 11 is 6.07. The normalized spacial score (nSPS) is 20.0. The lowest BCUT2D eigenvalue weighted by atomic mass is 9.89. The molecule has 2 saturated heterocycles. The van der Waals surface area contributed by atoms with Gasteiger partial charge in [-0.15, -0.1) is 0 Å². The predicted molar refractivity (Wildman–Crippen MR) is 92.0 cm³/mol. The van der Waals surface area contributed by atoms with E-state index in [1.165, 1.54) is 30.7 Å². The number of nitrogens with one attached hydrogen (secondary N) is 2. The summed E-state index contributed by atoms with van der Waals surface area (Å²) in [6.07, 6.45) is 0.353. The highest BCUT2D eigenvalue weighted by molar-refractivity contribution is 7.89. The van der Waals surface area contributed by atoms with Gasteiger partial charge in [-0.25, -0.2) is 13.2 Å². The Kier molecular flexibility index (Phi) is 4.76. The van der Waals surface area contributed by atoms with Crippen molar-refractivity contribution >= 4 is 33.6 Å². The molecule has 0 saturated carbocycles. The van der Waals surface area contributed by atoms with Gasteiger partial charge in [0.25, 0.3) is 5.91 Å². The first-order valence-corrected chi connectivity index (χ1v) is 9.60. The van der Waals surface area contributed by atoms with Gasteiger partial charge in [-0.05, 0) is 18.9 Å². The summed E-state index contributed by atoms with van der Waals surface area (Å²) in [5, 5.41) is 4.93. The molecule has 2 fully saturated rings. The van der Waals surface area contributed by atoms with E-state index >= 15 is 0 Å². The van der Waals surface area contributed by atoms with Gasteiger partial charge in [0, 0.05) is 19.2 Å². The Hall–Kier alpha value is -2.04. The van der Waals surface area contributed by atoms with E-state index < -0.39 is 27.5 Å². The number of amides is 3. The van der Waals surface area contributed by atoms with E-state index in [4.69, 9.17) is 21.1 Å². The van der Waals surface area contributed by atoms with Crippen molar-refractivity contribution in [2.45, 2.75) is 23.3 Å². The van der Waals surface area contributed by atoms with E-state index in [-0.39, 0.29) is 41.6 Å². The Morgan fingerprint density at radius 1 is 1.12 bits per heavy atom. The van der Waals surface area contributed by atoms with Crippen LogP contribution in [0.1, 0.15) is 12.8 Å². The average Bonchev–Trinajstić information content (AvgIpc) is 2.88. The first-order chi connectivity index (χ1) is 12.2. The van der Waals surface area contributed by atoms with Crippen LogP contribution in [0.15, 0.2) is 17.0 Å². The summed E-state index contributed by atoms with van der Waals surface area (Å²) in [6.45, 7) is 0.145. The van der Waals surface area contributed by atoms with Crippen molar-refractivity contribution in [3.05, 3.63) is 17.2 Å². The zero-order valence-electron chi connectivity index (χ0n) is 14.2. The van der Waals surface area contributed by atoms with Crippen LogP contribution >= 0.6 is 11.6 Å². The van der Waals surface area contributed by atoms with Crippen LogP contribution in [-0.4, -0.2) is 57.5 Å². The predicted octanol–water partition coefficient (Wildman–Crippen LogP) is 0.720. The summed E-state index contributed by atoms with van der Waals surface area (Å²) in [5.41, 5.74) is -1.05. The van der Waals surface area contributed by atoms with Gasteiger partial charge < -0.3 is 14.8 Å². The zero-order valence-corrected chi connectivity index (χ0v) is 15.7. The summed E-state index contributed by atoms with van der Waals surface area (Å²) in [6, 6.07) is 2.13. The van der Waals surface area contributed by atoms with Crippen molar-refractivity contribution < 1.29 is 27.5 Å². The number of carbonyl (C=O) groups excluding carboxylic acids is 2. The van der Waals surface area contributed by atoms with Crippen molar-refractivity contribution in [1.29, 1.82) is 0 Å². The van der Waals surface area contributed by atoms with E-state index in [1.54, 1.807) is 0 Å². The molecule has 2 aliphatic rings. The molecule has 3 amide bonds. The number of ether oxygens (including phenoxy) is 2. The second-order valence-corrected chi connectivity index (χ2v) is 8.35. The maximum atomic E-state index is 13.0. The molecule has 2 aliphatic heterocycles. The molecule has 0 atom stereocenters. The number of nitrogens with zero attached hydrogens (tertiary/aromatic N) is 1. The summed E-state index contributed by atoms with van der Waals surface area (Å²) in [7, 11) is -1.14. The molecule has 1 aromatic rings. The third kappa shape index (κ3) is 2.97. The average molecular weight is 404 g/mol. The number of urea groups is 1. The molecule has 0 radical (unpaired) electrons. The molecule has 2 heterocycles. The van der Waals surface area contributed by atoms with Crippen molar-refractivity contribution in [3.8, 4) is 11.5 Å². The van der Waals surface area contributed by atoms with Crippen LogP contribution in [0.5, 0.6) is 11.5 Å². The van der Waals surface area contributed by atoms with E-state index in [2.05, 4.69) is 10.6 Å². The lowest BCUT2D eigenvalue weighted by Gasteiger charge is -2.36. The molecule has 3 rings (SSSR count). The molecule has 0 aromatic heterocycles. The first kappa shape index (κ1) is 18.7. The molecule has 142 valence electrons. The summed E-state index contributed by atoms with van der Waals surface area (Å²) < 4.78 is 37.6. The molecule has 26 heavy (non-hydrogen) atoms. The van der Waals surface area contributed by atoms with Crippen LogP contribution in [-0.2, 0) is 14.8 Å². The number of carbonyl (C=O) groups is 2. The Balaban J connectivity index is 1.87. The second-order valence-electron chi connectivity index (χ2n) is 6.03. The molecule has 11 heteroatoms. The van der Waals surface area contributed by atoms with Crippen molar-refractivity contribution in [1.82, 2.24) is 14.9 Å². The lowest BCUT2D eigenvalue weighted by Crippen LogP contribution is -2.55. The summed E-state index contributed by atoms with van der Waals surface area (Å²) in [5.74, 6) is -0.0199. The molecule has 1 aromatic carbocycles. The minimum Gasteiger partial charge on any atom is -0.495 e. The highest BCUT2D eigenvalue weighted by Crippen LogP contribution is 2.38. The van der Waals surface area contributed by atoms with Crippen LogP contribution in [0, 0.1) is 0 Å². The Morgan fingerprint density at radius 2 is 1.73 bits per heavy atom. The number of hydrogen-bond acceptors (Lipinski definition) is 6. The standard InChI is InChI=1S/C15H18ClN3O6S/c1-24-10-8-11(25-2)12(7-9(10)16)26(22,23)19-5-3-15(4-6-19)13(20)17-14(21)18-15/h7-8H,3-6H2,1-2H3,(H2,17,18,20,21). The first-order valence-electron chi connectivity index (χ1n) is 7.79. The van der Waals surface area contributed by atoms with Crippen LogP contribution < -0.4 is 20.1 Å². The van der Waals surface area contributed by atoms with Gasteiger partial charge in [0.15, 0.2) is 0 Å². The second kappa shape index (κ2) is 6.60. The van der Waals surface area contributed by atoms with Crippen molar-refractivity contribution in [2.75, 3.05) is 27.3 Å². The number of rotatable bonds is 4.